The number of nitrogens with zero attached hydrogens (tertiary/aromatic N) is 1. The van der Waals surface area contributed by atoms with Gasteiger partial charge in [-0.05, 0) is 37.6 Å². The van der Waals surface area contributed by atoms with Crippen molar-refractivity contribution in [1.29, 1.82) is 0 Å². The highest BCUT2D eigenvalue weighted by Crippen LogP contribution is 2.41. The van der Waals surface area contributed by atoms with Gasteiger partial charge in [0.05, 0.1) is 0 Å². The molecule has 2 aromatic carbocycles. The summed E-state index contributed by atoms with van der Waals surface area (Å²) in [5, 5.41) is 0. The van der Waals surface area contributed by atoms with Crippen LogP contribution >= 0.6 is 0 Å². The van der Waals surface area contributed by atoms with Crippen molar-refractivity contribution < 1.29 is 4.79 Å². The molecule has 2 aromatic rings. The lowest BCUT2D eigenvalue weighted by Crippen LogP contribution is -2.36. The molecule has 0 bridgehead atoms. The molecular formula is C18H19NO. The first kappa shape index (κ1) is 12.9. The zero-order chi connectivity index (χ0) is 14.3. The molecule has 20 heavy (non-hydrogen) atoms. The molecule has 0 radical (unpaired) electrons. The van der Waals surface area contributed by atoms with Crippen LogP contribution in [0.25, 0.3) is 0 Å². The SMILES string of the molecule is Cc1ccc2c(c1)C(C)C(C)N2C(=O)c1ccccc1. The van der Waals surface area contributed by atoms with E-state index < -0.39 is 0 Å². The molecule has 102 valence electrons. The van der Waals surface area contributed by atoms with Gasteiger partial charge < -0.3 is 4.90 Å². The number of carbonyl (C=O) groups is 1. The lowest BCUT2D eigenvalue weighted by Gasteiger charge is -2.24. The van der Waals surface area contributed by atoms with Crippen molar-refractivity contribution in [1.82, 2.24) is 0 Å². The summed E-state index contributed by atoms with van der Waals surface area (Å²) in [6.45, 7) is 6.42. The van der Waals surface area contributed by atoms with Gasteiger partial charge in [-0.2, -0.15) is 0 Å². The molecule has 0 saturated carbocycles. The summed E-state index contributed by atoms with van der Waals surface area (Å²) in [5.74, 6) is 0.463. The highest BCUT2D eigenvalue weighted by molar-refractivity contribution is 6.08. The van der Waals surface area contributed by atoms with Gasteiger partial charge in [0, 0.05) is 23.2 Å². The Morgan fingerprint density at radius 1 is 1.05 bits per heavy atom. The van der Waals surface area contributed by atoms with E-state index in [9.17, 15) is 4.79 Å². The number of hydrogen-bond acceptors (Lipinski definition) is 1. The maximum Gasteiger partial charge on any atom is 0.258 e. The Bertz CT molecular complexity index is 648. The van der Waals surface area contributed by atoms with E-state index in [-0.39, 0.29) is 11.9 Å². The smallest absolute Gasteiger partial charge is 0.258 e. The third-order valence-electron chi connectivity index (χ3n) is 4.30. The van der Waals surface area contributed by atoms with Gasteiger partial charge in [-0.15, -0.1) is 0 Å². The van der Waals surface area contributed by atoms with Crippen molar-refractivity contribution in [2.45, 2.75) is 32.7 Å². The zero-order valence-corrected chi connectivity index (χ0v) is 12.1. The summed E-state index contributed by atoms with van der Waals surface area (Å²) < 4.78 is 0. The number of rotatable bonds is 1. The van der Waals surface area contributed by atoms with E-state index in [2.05, 4.69) is 39.0 Å². The summed E-state index contributed by atoms with van der Waals surface area (Å²) in [6.07, 6.45) is 0. The maximum absolute atomic E-state index is 12.8. The molecule has 0 spiro atoms. The topological polar surface area (TPSA) is 20.3 Å². The van der Waals surface area contributed by atoms with E-state index in [0.29, 0.717) is 5.92 Å². The Morgan fingerprint density at radius 3 is 2.45 bits per heavy atom. The van der Waals surface area contributed by atoms with E-state index >= 15 is 0 Å². The minimum atomic E-state index is 0.0903. The number of amides is 1. The Balaban J connectivity index is 2.05. The van der Waals surface area contributed by atoms with Gasteiger partial charge in [0.15, 0.2) is 0 Å². The zero-order valence-electron chi connectivity index (χ0n) is 12.1. The van der Waals surface area contributed by atoms with Crippen LogP contribution in [-0.2, 0) is 0 Å². The van der Waals surface area contributed by atoms with Crippen molar-refractivity contribution in [3.8, 4) is 0 Å². The van der Waals surface area contributed by atoms with Gasteiger partial charge in [-0.3, -0.25) is 4.79 Å². The molecule has 2 atom stereocenters. The van der Waals surface area contributed by atoms with Gasteiger partial charge in [0.1, 0.15) is 0 Å². The first-order valence-corrected chi connectivity index (χ1v) is 7.08. The van der Waals surface area contributed by atoms with Crippen LogP contribution < -0.4 is 4.90 Å². The normalized spacial score (nSPS) is 20.9. The molecule has 0 aliphatic carbocycles. The predicted molar refractivity (Wildman–Crippen MR) is 82.3 cm³/mol. The van der Waals surface area contributed by atoms with Crippen molar-refractivity contribution in [2.24, 2.45) is 0 Å². The molecule has 0 fully saturated rings. The minimum Gasteiger partial charge on any atom is -0.305 e. The van der Waals surface area contributed by atoms with Gasteiger partial charge in [0.25, 0.3) is 5.91 Å². The molecule has 1 amide bonds. The summed E-state index contributed by atoms with van der Waals surface area (Å²) in [5.41, 5.74) is 4.34. The van der Waals surface area contributed by atoms with Crippen LogP contribution in [0, 0.1) is 6.92 Å². The third-order valence-corrected chi connectivity index (χ3v) is 4.30. The van der Waals surface area contributed by atoms with Gasteiger partial charge >= 0.3 is 0 Å². The van der Waals surface area contributed by atoms with Crippen LogP contribution in [0.4, 0.5) is 5.69 Å². The lowest BCUT2D eigenvalue weighted by atomic mass is 9.97. The largest absolute Gasteiger partial charge is 0.305 e. The van der Waals surface area contributed by atoms with Crippen molar-refractivity contribution >= 4 is 11.6 Å². The molecule has 2 nitrogen and oxygen atoms in total. The van der Waals surface area contributed by atoms with Crippen LogP contribution in [0.5, 0.6) is 0 Å². The number of aryl methyl sites for hydroxylation is 1. The molecule has 0 saturated heterocycles. The maximum atomic E-state index is 12.8. The van der Waals surface area contributed by atoms with Gasteiger partial charge in [-0.1, -0.05) is 42.8 Å². The molecule has 1 aliphatic rings. The molecule has 0 N–H and O–H groups in total. The van der Waals surface area contributed by atoms with Crippen LogP contribution in [-0.4, -0.2) is 11.9 Å². The monoisotopic (exact) mass is 265 g/mol. The number of carbonyl (C=O) groups excluding carboxylic acids is 1. The second-order valence-corrected chi connectivity index (χ2v) is 5.63. The standard InChI is InChI=1S/C18H19NO/c1-12-9-10-17-16(11-12)13(2)14(3)19(17)18(20)15-7-5-4-6-8-15/h4-11,13-14H,1-3H3. The van der Waals surface area contributed by atoms with E-state index in [0.717, 1.165) is 11.3 Å². The van der Waals surface area contributed by atoms with E-state index in [1.165, 1.54) is 11.1 Å². The fourth-order valence-corrected chi connectivity index (χ4v) is 2.98. The first-order chi connectivity index (χ1) is 9.59. The van der Waals surface area contributed by atoms with Gasteiger partial charge in [-0.25, -0.2) is 0 Å². The summed E-state index contributed by atoms with van der Waals surface area (Å²) >= 11 is 0. The summed E-state index contributed by atoms with van der Waals surface area (Å²) in [6, 6.07) is 16.1. The molecule has 2 unspecified atom stereocenters. The van der Waals surface area contributed by atoms with E-state index in [1.807, 2.05) is 35.2 Å². The van der Waals surface area contributed by atoms with E-state index in [4.69, 9.17) is 0 Å². The predicted octanol–water partition coefficient (Wildman–Crippen LogP) is 4.15. The van der Waals surface area contributed by atoms with E-state index in [1.54, 1.807) is 0 Å². The second kappa shape index (κ2) is 4.78. The first-order valence-electron chi connectivity index (χ1n) is 7.08. The van der Waals surface area contributed by atoms with Crippen molar-refractivity contribution in [3.63, 3.8) is 0 Å². The van der Waals surface area contributed by atoms with Gasteiger partial charge in [0.2, 0.25) is 0 Å². The Kier molecular flexibility index (Phi) is 3.09. The number of benzene rings is 2. The lowest BCUT2D eigenvalue weighted by molar-refractivity contribution is 0.0979. The quantitative estimate of drug-likeness (QED) is 0.758. The van der Waals surface area contributed by atoms with Crippen LogP contribution in [0.15, 0.2) is 48.5 Å². The molecule has 1 aliphatic heterocycles. The van der Waals surface area contributed by atoms with Crippen LogP contribution in [0.3, 0.4) is 0 Å². The third kappa shape index (κ3) is 1.92. The Labute approximate surface area is 120 Å². The molecule has 1 heterocycles. The molecule has 3 rings (SSSR count). The highest BCUT2D eigenvalue weighted by Gasteiger charge is 2.36. The fourth-order valence-electron chi connectivity index (χ4n) is 2.98. The average Bonchev–Trinajstić information content (AvgIpc) is 2.71. The summed E-state index contributed by atoms with van der Waals surface area (Å²) in [7, 11) is 0. The number of hydrogen-bond donors (Lipinski definition) is 0. The highest BCUT2D eigenvalue weighted by atomic mass is 16.2. The van der Waals surface area contributed by atoms with Crippen LogP contribution in [0.1, 0.15) is 41.3 Å². The average molecular weight is 265 g/mol. The summed E-state index contributed by atoms with van der Waals surface area (Å²) in [4.78, 5) is 14.7. The fraction of sp³-hybridized carbons (Fsp3) is 0.278. The molecule has 0 aromatic heterocycles. The van der Waals surface area contributed by atoms with Crippen LogP contribution in [0.2, 0.25) is 0 Å². The number of fused-ring (bicyclic) bond motifs is 1. The van der Waals surface area contributed by atoms with Crippen molar-refractivity contribution in [2.75, 3.05) is 4.90 Å². The minimum absolute atomic E-state index is 0.0903. The Hall–Kier alpha value is -2.09. The number of anilines is 1. The second-order valence-electron chi connectivity index (χ2n) is 5.63. The molecule has 2 heteroatoms. The Morgan fingerprint density at radius 2 is 1.75 bits per heavy atom. The van der Waals surface area contributed by atoms with Crippen molar-refractivity contribution in [3.05, 3.63) is 65.2 Å². The molecular weight excluding hydrogens is 246 g/mol.